The van der Waals surface area contributed by atoms with Crippen molar-refractivity contribution in [2.75, 3.05) is 25.4 Å². The number of rotatable bonds is 5. The Kier molecular flexibility index (Phi) is 4.88. The standard InChI is InChI=1S/C9H17N3O4S/c10-4-8(13)12-6-9(14)11-5-7-2-1-3-17(7,15)16/h7H,1-6,10H2,(H,11,14)(H,12,13). The zero-order chi connectivity index (χ0) is 12.9. The van der Waals surface area contributed by atoms with Gasteiger partial charge < -0.3 is 16.4 Å². The van der Waals surface area contributed by atoms with Crippen molar-refractivity contribution in [3.05, 3.63) is 0 Å². The van der Waals surface area contributed by atoms with Crippen LogP contribution in [0.5, 0.6) is 0 Å². The van der Waals surface area contributed by atoms with Crippen molar-refractivity contribution in [1.82, 2.24) is 10.6 Å². The molecule has 0 aromatic rings. The Balaban J connectivity index is 2.27. The molecule has 1 unspecified atom stereocenters. The molecule has 0 aromatic heterocycles. The third kappa shape index (κ3) is 4.31. The number of hydrogen-bond acceptors (Lipinski definition) is 5. The van der Waals surface area contributed by atoms with Crippen LogP contribution in [0.2, 0.25) is 0 Å². The van der Waals surface area contributed by atoms with E-state index in [0.717, 1.165) is 0 Å². The quantitative estimate of drug-likeness (QED) is 0.518. The summed E-state index contributed by atoms with van der Waals surface area (Å²) in [6.07, 6.45) is 1.23. The summed E-state index contributed by atoms with van der Waals surface area (Å²) in [5.74, 6) is -0.639. The fourth-order valence-corrected chi connectivity index (χ4v) is 3.39. The zero-order valence-corrected chi connectivity index (χ0v) is 10.3. The molecule has 4 N–H and O–H groups in total. The van der Waals surface area contributed by atoms with Gasteiger partial charge in [-0.2, -0.15) is 0 Å². The van der Waals surface area contributed by atoms with Gasteiger partial charge in [0.25, 0.3) is 0 Å². The summed E-state index contributed by atoms with van der Waals surface area (Å²) in [5, 5.41) is 4.30. The molecule has 1 aliphatic rings. The molecule has 1 saturated heterocycles. The first kappa shape index (κ1) is 13.9. The van der Waals surface area contributed by atoms with Crippen molar-refractivity contribution in [2.24, 2.45) is 5.73 Å². The lowest BCUT2D eigenvalue weighted by atomic mass is 10.2. The Morgan fingerprint density at radius 1 is 1.24 bits per heavy atom. The van der Waals surface area contributed by atoms with Gasteiger partial charge in [0, 0.05) is 6.54 Å². The molecule has 8 heteroatoms. The van der Waals surface area contributed by atoms with E-state index in [1.165, 1.54) is 0 Å². The van der Waals surface area contributed by atoms with E-state index in [0.29, 0.717) is 12.8 Å². The molecule has 0 aliphatic carbocycles. The first-order valence-electron chi connectivity index (χ1n) is 5.40. The molecule has 0 spiro atoms. The second-order valence-electron chi connectivity index (χ2n) is 3.92. The average molecular weight is 263 g/mol. The van der Waals surface area contributed by atoms with Crippen LogP contribution in [0.15, 0.2) is 0 Å². The predicted octanol–water partition coefficient (Wildman–Crippen LogP) is -2.25. The van der Waals surface area contributed by atoms with Gasteiger partial charge >= 0.3 is 0 Å². The van der Waals surface area contributed by atoms with Crippen LogP contribution in [0.1, 0.15) is 12.8 Å². The molecule has 7 nitrogen and oxygen atoms in total. The molecule has 0 aromatic carbocycles. The van der Waals surface area contributed by atoms with Crippen molar-refractivity contribution in [2.45, 2.75) is 18.1 Å². The van der Waals surface area contributed by atoms with Crippen LogP contribution in [0, 0.1) is 0 Å². The molecule has 0 radical (unpaired) electrons. The molecule has 1 heterocycles. The SMILES string of the molecule is NCC(=O)NCC(=O)NCC1CCCS1(=O)=O. The van der Waals surface area contributed by atoms with Gasteiger partial charge in [-0.25, -0.2) is 8.42 Å². The van der Waals surface area contributed by atoms with Crippen LogP contribution in [0.3, 0.4) is 0 Å². The maximum absolute atomic E-state index is 11.4. The van der Waals surface area contributed by atoms with Gasteiger partial charge in [-0.3, -0.25) is 9.59 Å². The Morgan fingerprint density at radius 3 is 2.47 bits per heavy atom. The summed E-state index contributed by atoms with van der Waals surface area (Å²) in [7, 11) is -3.04. The summed E-state index contributed by atoms with van der Waals surface area (Å²) in [4.78, 5) is 22.0. The molecule has 1 rings (SSSR count). The fourth-order valence-electron chi connectivity index (χ4n) is 1.63. The Morgan fingerprint density at radius 2 is 1.94 bits per heavy atom. The van der Waals surface area contributed by atoms with E-state index in [9.17, 15) is 18.0 Å². The molecular formula is C9H17N3O4S. The van der Waals surface area contributed by atoms with Gasteiger partial charge in [0.15, 0.2) is 9.84 Å². The molecule has 1 aliphatic heterocycles. The van der Waals surface area contributed by atoms with Gasteiger partial charge in [-0.1, -0.05) is 0 Å². The van der Waals surface area contributed by atoms with E-state index in [-0.39, 0.29) is 25.4 Å². The van der Waals surface area contributed by atoms with Gasteiger partial charge in [0.1, 0.15) is 0 Å². The minimum atomic E-state index is -3.04. The normalized spacial score (nSPS) is 22.1. The van der Waals surface area contributed by atoms with E-state index in [4.69, 9.17) is 5.73 Å². The van der Waals surface area contributed by atoms with Crippen molar-refractivity contribution in [3.63, 3.8) is 0 Å². The number of nitrogens with two attached hydrogens (primary N) is 1. The Bertz CT molecular complexity index is 393. The van der Waals surface area contributed by atoms with E-state index in [2.05, 4.69) is 10.6 Å². The fraction of sp³-hybridized carbons (Fsp3) is 0.778. The average Bonchev–Trinajstić information content (AvgIpc) is 2.62. The summed E-state index contributed by atoms with van der Waals surface area (Å²) in [6, 6.07) is 0. The maximum atomic E-state index is 11.4. The van der Waals surface area contributed by atoms with Gasteiger partial charge in [0.2, 0.25) is 11.8 Å². The zero-order valence-electron chi connectivity index (χ0n) is 9.44. The Labute approximate surface area is 100 Å². The minimum absolute atomic E-state index is 0.111. The van der Waals surface area contributed by atoms with E-state index >= 15 is 0 Å². The molecule has 98 valence electrons. The van der Waals surface area contributed by atoms with Crippen molar-refractivity contribution in [3.8, 4) is 0 Å². The highest BCUT2D eigenvalue weighted by molar-refractivity contribution is 7.92. The van der Waals surface area contributed by atoms with Crippen LogP contribution >= 0.6 is 0 Å². The minimum Gasteiger partial charge on any atom is -0.353 e. The van der Waals surface area contributed by atoms with E-state index in [1.54, 1.807) is 0 Å². The topological polar surface area (TPSA) is 118 Å². The lowest BCUT2D eigenvalue weighted by Gasteiger charge is -2.11. The van der Waals surface area contributed by atoms with Crippen LogP contribution in [0.4, 0.5) is 0 Å². The molecule has 1 atom stereocenters. The second-order valence-corrected chi connectivity index (χ2v) is 6.32. The maximum Gasteiger partial charge on any atom is 0.239 e. The highest BCUT2D eigenvalue weighted by Gasteiger charge is 2.31. The summed E-state index contributed by atoms with van der Waals surface area (Å²) < 4.78 is 22.9. The summed E-state index contributed by atoms with van der Waals surface area (Å²) in [6.45, 7) is -0.243. The molecule has 0 saturated carbocycles. The van der Waals surface area contributed by atoms with Crippen molar-refractivity contribution in [1.29, 1.82) is 0 Å². The molecule has 2 amide bonds. The molecular weight excluding hydrogens is 246 g/mol. The molecule has 1 fully saturated rings. The van der Waals surface area contributed by atoms with Crippen LogP contribution in [0.25, 0.3) is 0 Å². The van der Waals surface area contributed by atoms with Crippen LogP contribution in [-0.4, -0.2) is 50.9 Å². The Hall–Kier alpha value is -1.15. The van der Waals surface area contributed by atoms with Crippen molar-refractivity contribution < 1.29 is 18.0 Å². The third-order valence-electron chi connectivity index (χ3n) is 2.62. The first-order valence-corrected chi connectivity index (χ1v) is 7.12. The number of nitrogens with one attached hydrogen (secondary N) is 2. The number of sulfone groups is 1. The highest BCUT2D eigenvalue weighted by atomic mass is 32.2. The number of hydrogen-bond donors (Lipinski definition) is 3. The predicted molar refractivity (Wildman–Crippen MR) is 61.9 cm³/mol. The largest absolute Gasteiger partial charge is 0.353 e. The van der Waals surface area contributed by atoms with E-state index in [1.807, 2.05) is 0 Å². The van der Waals surface area contributed by atoms with Gasteiger partial charge in [-0.05, 0) is 12.8 Å². The molecule has 17 heavy (non-hydrogen) atoms. The number of carbonyl (C=O) groups excluding carboxylic acids is 2. The number of amides is 2. The molecule has 0 bridgehead atoms. The van der Waals surface area contributed by atoms with Crippen molar-refractivity contribution >= 4 is 21.7 Å². The van der Waals surface area contributed by atoms with Crippen LogP contribution < -0.4 is 16.4 Å². The third-order valence-corrected chi connectivity index (χ3v) is 4.90. The van der Waals surface area contributed by atoms with Gasteiger partial charge in [-0.15, -0.1) is 0 Å². The van der Waals surface area contributed by atoms with Gasteiger partial charge in [0.05, 0.1) is 24.1 Å². The van der Waals surface area contributed by atoms with Crippen LogP contribution in [-0.2, 0) is 19.4 Å². The summed E-state index contributed by atoms with van der Waals surface area (Å²) >= 11 is 0. The number of carbonyl (C=O) groups is 2. The lowest BCUT2D eigenvalue weighted by Crippen LogP contribution is -2.42. The monoisotopic (exact) mass is 263 g/mol. The second kappa shape index (κ2) is 5.97. The highest BCUT2D eigenvalue weighted by Crippen LogP contribution is 2.18. The first-order chi connectivity index (χ1) is 7.95. The lowest BCUT2D eigenvalue weighted by molar-refractivity contribution is -0.125. The summed E-state index contributed by atoms with van der Waals surface area (Å²) in [5.41, 5.74) is 5.04. The van der Waals surface area contributed by atoms with E-state index < -0.39 is 26.9 Å². The smallest absolute Gasteiger partial charge is 0.239 e.